The highest BCUT2D eigenvalue weighted by Gasteiger charge is 2.43. The number of methoxy groups -OCH3 is 1. The van der Waals surface area contributed by atoms with E-state index in [2.05, 4.69) is 4.99 Å². The van der Waals surface area contributed by atoms with E-state index in [-0.39, 0.29) is 32.7 Å². The number of benzene rings is 2. The second kappa shape index (κ2) is 9.86. The molecule has 1 aliphatic heterocycles. The van der Waals surface area contributed by atoms with Crippen LogP contribution in [0.4, 0.5) is 5.69 Å². The highest BCUT2D eigenvalue weighted by molar-refractivity contribution is 8.93. The predicted molar refractivity (Wildman–Crippen MR) is 132 cm³/mol. The van der Waals surface area contributed by atoms with Crippen molar-refractivity contribution in [1.82, 2.24) is 9.21 Å². The van der Waals surface area contributed by atoms with Crippen molar-refractivity contribution in [2.24, 2.45) is 4.99 Å². The van der Waals surface area contributed by atoms with Crippen molar-refractivity contribution in [3.63, 3.8) is 0 Å². The number of aliphatic imine (C=N–C) groups is 1. The van der Waals surface area contributed by atoms with Crippen molar-refractivity contribution in [3.05, 3.63) is 52.0 Å². The lowest BCUT2D eigenvalue weighted by Gasteiger charge is -2.31. The first-order chi connectivity index (χ1) is 14.0. The van der Waals surface area contributed by atoms with E-state index in [1.807, 2.05) is 0 Å². The Hall–Kier alpha value is -1.01. The van der Waals surface area contributed by atoms with E-state index in [1.54, 1.807) is 36.2 Å². The third kappa shape index (κ3) is 5.00. The number of rotatable bonds is 5. The fourth-order valence-corrected chi connectivity index (χ4v) is 5.65. The average Bonchev–Trinajstić information content (AvgIpc) is 2.98. The van der Waals surface area contributed by atoms with E-state index in [0.29, 0.717) is 27.2 Å². The molecular weight excluding hydrogens is 549 g/mol. The summed E-state index contributed by atoms with van der Waals surface area (Å²) in [5, 5.41) is 12.5. The second-order valence-corrected chi connectivity index (χ2v) is 10.7. The van der Waals surface area contributed by atoms with Crippen LogP contribution in [0, 0.1) is 0 Å². The van der Waals surface area contributed by atoms with Gasteiger partial charge in [0.25, 0.3) is 0 Å². The van der Waals surface area contributed by atoms with Gasteiger partial charge in [0.15, 0.2) is 10.9 Å². The minimum absolute atomic E-state index is 0. The molecule has 3 rings (SSSR count). The zero-order valence-electron chi connectivity index (χ0n) is 17.2. The van der Waals surface area contributed by atoms with Crippen LogP contribution in [0.15, 0.2) is 46.3 Å². The molecule has 1 aliphatic rings. The number of hydrogen-bond donors (Lipinski definition) is 1. The number of hydrogen-bond acceptors (Lipinski definition) is 6. The largest absolute Gasteiger partial charge is 0.494 e. The van der Waals surface area contributed by atoms with Crippen molar-refractivity contribution >= 4 is 72.8 Å². The summed E-state index contributed by atoms with van der Waals surface area (Å²) < 4.78 is 31.6. The molecule has 0 saturated carbocycles. The number of thioether (sulfide) groups is 1. The molecule has 1 saturated heterocycles. The van der Waals surface area contributed by atoms with Gasteiger partial charge in [-0.2, -0.15) is 0 Å². The van der Waals surface area contributed by atoms with Gasteiger partial charge in [-0.05, 0) is 24.3 Å². The molecule has 0 bridgehead atoms. The van der Waals surface area contributed by atoms with Gasteiger partial charge in [-0.25, -0.2) is 17.7 Å². The van der Waals surface area contributed by atoms with Gasteiger partial charge in [-0.3, -0.25) is 0 Å². The first kappa shape index (κ1) is 26.2. The molecule has 0 radical (unpaired) electrons. The summed E-state index contributed by atoms with van der Waals surface area (Å²) in [6.07, 6.45) is 0. The molecule has 170 valence electrons. The molecule has 1 atom stereocenters. The van der Waals surface area contributed by atoms with Crippen molar-refractivity contribution in [1.29, 1.82) is 0 Å². The molecular formula is C19H22BrCl2N3O4S2. The van der Waals surface area contributed by atoms with E-state index >= 15 is 0 Å². The quantitative estimate of drug-likeness (QED) is 0.576. The SMILES string of the molecule is Br.COc1cc(Cl)ccc1/N=C1/SCC(O)(c2ccc(Cl)c(S(=O)(=O)N(C)C)c2)N1C. The van der Waals surface area contributed by atoms with Gasteiger partial charge in [0.1, 0.15) is 16.3 Å². The van der Waals surface area contributed by atoms with Crippen molar-refractivity contribution in [2.45, 2.75) is 10.6 Å². The molecule has 7 nitrogen and oxygen atoms in total. The maximum atomic E-state index is 12.6. The summed E-state index contributed by atoms with van der Waals surface area (Å²) >= 11 is 13.5. The molecule has 12 heteroatoms. The number of amidine groups is 1. The molecule has 1 fully saturated rings. The lowest BCUT2D eigenvalue weighted by Crippen LogP contribution is -2.42. The topological polar surface area (TPSA) is 82.4 Å². The molecule has 1 N–H and O–H groups in total. The molecule has 1 unspecified atom stereocenters. The summed E-state index contributed by atoms with van der Waals surface area (Å²) in [6.45, 7) is 0. The Morgan fingerprint density at radius 1 is 1.23 bits per heavy atom. The van der Waals surface area contributed by atoms with Crippen LogP contribution in [0.1, 0.15) is 5.56 Å². The lowest BCUT2D eigenvalue weighted by atomic mass is 10.0. The van der Waals surface area contributed by atoms with Gasteiger partial charge < -0.3 is 14.7 Å². The average molecular weight is 571 g/mol. The molecule has 2 aromatic carbocycles. The minimum atomic E-state index is -3.77. The first-order valence-corrected chi connectivity index (χ1v) is 11.9. The Balaban J connectivity index is 0.00000341. The van der Waals surface area contributed by atoms with Crippen LogP contribution in [0.2, 0.25) is 10.0 Å². The van der Waals surface area contributed by atoms with Crippen molar-refractivity contribution in [3.8, 4) is 5.75 Å². The number of sulfonamides is 1. The van der Waals surface area contributed by atoms with E-state index < -0.39 is 15.7 Å². The Kier molecular flexibility index (Phi) is 8.35. The summed E-state index contributed by atoms with van der Waals surface area (Å²) in [6, 6.07) is 9.57. The van der Waals surface area contributed by atoms with Gasteiger partial charge in [-0.1, -0.05) is 41.0 Å². The number of halogens is 3. The molecule has 1 heterocycles. The van der Waals surface area contributed by atoms with Gasteiger partial charge in [0.05, 0.1) is 17.9 Å². The summed E-state index contributed by atoms with van der Waals surface area (Å²) in [7, 11) is 2.29. The Bertz CT molecular complexity index is 1120. The van der Waals surface area contributed by atoms with Gasteiger partial charge in [-0.15, -0.1) is 17.0 Å². The van der Waals surface area contributed by atoms with Gasteiger partial charge in [0, 0.05) is 37.8 Å². The van der Waals surface area contributed by atoms with Crippen molar-refractivity contribution in [2.75, 3.05) is 34.0 Å². The Morgan fingerprint density at radius 3 is 2.52 bits per heavy atom. The van der Waals surface area contributed by atoms with Crippen LogP contribution >= 0.6 is 51.9 Å². The fourth-order valence-electron chi connectivity index (χ4n) is 2.89. The van der Waals surface area contributed by atoms with Gasteiger partial charge in [0.2, 0.25) is 10.0 Å². The predicted octanol–water partition coefficient (Wildman–Crippen LogP) is 4.34. The Morgan fingerprint density at radius 2 is 1.90 bits per heavy atom. The van der Waals surface area contributed by atoms with Crippen molar-refractivity contribution < 1.29 is 18.3 Å². The second-order valence-electron chi connectivity index (χ2n) is 6.81. The monoisotopic (exact) mass is 569 g/mol. The molecule has 0 aliphatic carbocycles. The van der Waals surface area contributed by atoms with E-state index in [9.17, 15) is 13.5 Å². The molecule has 0 amide bonds. The molecule has 0 spiro atoms. The van der Waals surface area contributed by atoms with Crippen LogP contribution in [-0.2, 0) is 15.7 Å². The first-order valence-electron chi connectivity index (χ1n) is 8.74. The van der Waals surface area contributed by atoms with Crippen LogP contribution in [-0.4, -0.2) is 61.9 Å². The third-order valence-electron chi connectivity index (χ3n) is 4.75. The molecule has 0 aromatic heterocycles. The lowest BCUT2D eigenvalue weighted by molar-refractivity contribution is -0.0349. The zero-order valence-corrected chi connectivity index (χ0v) is 22.0. The summed E-state index contributed by atoms with van der Waals surface area (Å²) in [5.74, 6) is 0.756. The standard InChI is InChI=1S/C19H21Cl2N3O4S2.BrH/c1-23(2)30(26,27)17-9-12(5-7-14(17)21)19(25)11-29-18(24(19)3)22-15-8-6-13(20)10-16(15)28-4;/h5-10,25H,11H2,1-4H3;1H/b22-18+;. The Labute approximate surface area is 206 Å². The minimum Gasteiger partial charge on any atom is -0.494 e. The van der Waals surface area contributed by atoms with E-state index in [4.69, 9.17) is 27.9 Å². The fraction of sp³-hybridized carbons (Fsp3) is 0.316. The summed E-state index contributed by atoms with van der Waals surface area (Å²) in [5.41, 5.74) is -0.507. The maximum absolute atomic E-state index is 12.6. The van der Waals surface area contributed by atoms with E-state index in [0.717, 1.165) is 4.31 Å². The van der Waals surface area contributed by atoms with Crippen LogP contribution in [0.5, 0.6) is 5.75 Å². The third-order valence-corrected chi connectivity index (χ3v) is 8.46. The van der Waals surface area contributed by atoms with Crippen LogP contribution in [0.25, 0.3) is 0 Å². The normalized spacial score (nSPS) is 20.3. The number of ether oxygens (including phenoxy) is 1. The highest BCUT2D eigenvalue weighted by atomic mass is 79.9. The smallest absolute Gasteiger partial charge is 0.244 e. The maximum Gasteiger partial charge on any atom is 0.244 e. The zero-order chi connectivity index (χ0) is 22.3. The molecule has 31 heavy (non-hydrogen) atoms. The summed E-state index contributed by atoms with van der Waals surface area (Å²) in [4.78, 5) is 6.13. The van der Waals surface area contributed by atoms with Crippen LogP contribution in [0.3, 0.4) is 0 Å². The van der Waals surface area contributed by atoms with Crippen LogP contribution < -0.4 is 4.74 Å². The highest BCUT2D eigenvalue weighted by Crippen LogP contribution is 2.41. The number of nitrogens with zero attached hydrogens (tertiary/aromatic N) is 3. The molecule has 2 aromatic rings. The number of aliphatic hydroxyl groups is 1. The van der Waals surface area contributed by atoms with Gasteiger partial charge >= 0.3 is 0 Å². The van der Waals surface area contributed by atoms with E-state index in [1.165, 1.54) is 45.1 Å².